The van der Waals surface area contributed by atoms with Crippen molar-refractivity contribution in [1.82, 2.24) is 30.5 Å². The van der Waals surface area contributed by atoms with Crippen molar-refractivity contribution in [2.24, 2.45) is 0 Å². The Morgan fingerprint density at radius 3 is 2.62 bits per heavy atom. The minimum absolute atomic E-state index is 0.157. The number of benzene rings is 1. The highest BCUT2D eigenvalue weighted by atomic mass is 35.5. The fourth-order valence-corrected chi connectivity index (χ4v) is 4.78. The number of fused-ring (bicyclic) bond motifs is 2. The molecule has 1 aliphatic heterocycles. The molecule has 3 heterocycles. The zero-order valence-electron chi connectivity index (χ0n) is 17.8. The van der Waals surface area contributed by atoms with Gasteiger partial charge in [0, 0.05) is 52.9 Å². The number of nitrogens with zero attached hydrogens (tertiary/aromatic N) is 3. The van der Waals surface area contributed by atoms with E-state index in [4.69, 9.17) is 11.6 Å². The van der Waals surface area contributed by atoms with Gasteiger partial charge >= 0.3 is 0 Å². The van der Waals surface area contributed by atoms with Crippen molar-refractivity contribution in [3.8, 4) is 0 Å². The Morgan fingerprint density at radius 2 is 1.84 bits per heavy atom. The molecule has 0 radical (unpaired) electrons. The number of H-pyrrole nitrogens is 1. The summed E-state index contributed by atoms with van der Waals surface area (Å²) in [5.74, 6) is -0.309. The lowest BCUT2D eigenvalue weighted by Crippen LogP contribution is -2.53. The largest absolute Gasteiger partial charge is 0.351 e. The van der Waals surface area contributed by atoms with Crippen molar-refractivity contribution in [2.45, 2.75) is 50.9 Å². The Kier molecular flexibility index (Phi) is 5.57. The van der Waals surface area contributed by atoms with Crippen LogP contribution in [0.15, 0.2) is 30.5 Å². The van der Waals surface area contributed by atoms with Gasteiger partial charge in [0.05, 0.1) is 5.69 Å². The van der Waals surface area contributed by atoms with Gasteiger partial charge in [-0.2, -0.15) is 0 Å². The molecule has 0 unspecified atom stereocenters. The SMILES string of the molecule is CN1Cc2cnc(C(=O)N[C@H]3CCCC[C@H]3NC(=O)c3cc4cc(Cl)ccc4[nH]3)nc2C1. The molecule has 1 aliphatic carbocycles. The molecular formula is C23H25ClN6O2. The third-order valence-electron chi connectivity index (χ3n) is 6.24. The average Bonchev–Trinajstić information content (AvgIpc) is 3.36. The van der Waals surface area contributed by atoms with E-state index in [0.29, 0.717) is 10.7 Å². The van der Waals surface area contributed by atoms with Gasteiger partial charge in [0.25, 0.3) is 11.8 Å². The Balaban J connectivity index is 1.28. The summed E-state index contributed by atoms with van der Waals surface area (Å²) in [4.78, 5) is 39.8. The summed E-state index contributed by atoms with van der Waals surface area (Å²) in [6, 6.07) is 6.93. The van der Waals surface area contributed by atoms with Gasteiger partial charge in [0.1, 0.15) is 5.69 Å². The van der Waals surface area contributed by atoms with Crippen molar-refractivity contribution in [2.75, 3.05) is 7.05 Å². The van der Waals surface area contributed by atoms with Crippen LogP contribution in [-0.2, 0) is 13.1 Å². The number of hydrogen-bond donors (Lipinski definition) is 3. The van der Waals surface area contributed by atoms with Gasteiger partial charge in [-0.05, 0) is 44.2 Å². The van der Waals surface area contributed by atoms with Crippen LogP contribution in [-0.4, -0.2) is 50.8 Å². The van der Waals surface area contributed by atoms with Crippen molar-refractivity contribution in [1.29, 1.82) is 0 Å². The molecule has 1 aromatic carbocycles. The minimum Gasteiger partial charge on any atom is -0.351 e. The number of aromatic nitrogens is 3. The molecule has 1 saturated carbocycles. The summed E-state index contributed by atoms with van der Waals surface area (Å²) in [5, 5.41) is 7.67. The summed E-state index contributed by atoms with van der Waals surface area (Å²) in [7, 11) is 2.01. The summed E-state index contributed by atoms with van der Waals surface area (Å²) >= 11 is 6.05. The van der Waals surface area contributed by atoms with E-state index in [1.165, 1.54) is 0 Å². The number of aromatic amines is 1. The van der Waals surface area contributed by atoms with Crippen LogP contribution in [0.2, 0.25) is 5.02 Å². The van der Waals surface area contributed by atoms with Crippen LogP contribution in [0, 0.1) is 0 Å². The first kappa shape index (κ1) is 20.9. The van der Waals surface area contributed by atoms with Gasteiger partial charge < -0.3 is 15.6 Å². The first-order valence-corrected chi connectivity index (χ1v) is 11.3. The standard InChI is InChI=1S/C23H25ClN6O2/c1-30-11-14-10-25-21(27-20(14)12-30)23(32)29-18-5-3-2-4-17(18)28-22(31)19-9-13-8-15(24)6-7-16(13)26-19/h6-10,17-18,26H,2-5,11-12H2,1H3,(H,28,31)(H,29,32)/t17-,18+/m1/s1. The Morgan fingerprint density at radius 1 is 1.09 bits per heavy atom. The van der Waals surface area contributed by atoms with E-state index < -0.39 is 0 Å². The molecule has 166 valence electrons. The first-order chi connectivity index (χ1) is 15.5. The van der Waals surface area contributed by atoms with E-state index in [-0.39, 0.29) is 29.7 Å². The van der Waals surface area contributed by atoms with E-state index in [0.717, 1.165) is 60.9 Å². The topological polar surface area (TPSA) is 103 Å². The molecule has 0 saturated heterocycles. The normalized spacial score (nSPS) is 20.8. The molecule has 2 atom stereocenters. The molecule has 2 aliphatic rings. The number of carbonyl (C=O) groups is 2. The van der Waals surface area contributed by atoms with E-state index >= 15 is 0 Å². The van der Waals surface area contributed by atoms with Crippen molar-refractivity contribution in [3.63, 3.8) is 0 Å². The first-order valence-electron chi connectivity index (χ1n) is 10.9. The number of amides is 2. The monoisotopic (exact) mass is 452 g/mol. The van der Waals surface area contributed by atoms with Crippen LogP contribution in [0.25, 0.3) is 10.9 Å². The average molecular weight is 453 g/mol. The van der Waals surface area contributed by atoms with Crippen LogP contribution in [0.3, 0.4) is 0 Å². The predicted octanol–water partition coefficient (Wildman–Crippen LogP) is 3.03. The molecule has 2 amide bonds. The van der Waals surface area contributed by atoms with Crippen LogP contribution >= 0.6 is 11.6 Å². The quantitative estimate of drug-likeness (QED) is 0.564. The summed E-state index contributed by atoms with van der Waals surface area (Å²) < 4.78 is 0. The molecule has 9 heteroatoms. The molecule has 32 heavy (non-hydrogen) atoms. The molecule has 8 nitrogen and oxygen atoms in total. The summed E-state index contributed by atoms with van der Waals surface area (Å²) in [6.07, 6.45) is 5.34. The van der Waals surface area contributed by atoms with Crippen LogP contribution in [0.1, 0.15) is 58.0 Å². The van der Waals surface area contributed by atoms with Gasteiger partial charge in [-0.15, -0.1) is 0 Å². The maximum atomic E-state index is 12.9. The molecule has 1 fully saturated rings. The molecule has 0 spiro atoms. The van der Waals surface area contributed by atoms with Crippen LogP contribution in [0.5, 0.6) is 0 Å². The second-order valence-electron chi connectivity index (χ2n) is 8.70. The second-order valence-corrected chi connectivity index (χ2v) is 9.13. The summed E-state index contributed by atoms with van der Waals surface area (Å²) in [5.41, 5.74) is 3.29. The predicted molar refractivity (Wildman–Crippen MR) is 121 cm³/mol. The maximum absolute atomic E-state index is 12.9. The highest BCUT2D eigenvalue weighted by Gasteiger charge is 2.30. The van der Waals surface area contributed by atoms with E-state index in [1.807, 2.05) is 19.2 Å². The van der Waals surface area contributed by atoms with Crippen LogP contribution < -0.4 is 10.6 Å². The lowest BCUT2D eigenvalue weighted by Gasteiger charge is -2.32. The van der Waals surface area contributed by atoms with Crippen molar-refractivity contribution in [3.05, 3.63) is 58.3 Å². The molecule has 3 aromatic rings. The third kappa shape index (κ3) is 4.20. The Labute approximate surface area is 190 Å². The van der Waals surface area contributed by atoms with Gasteiger partial charge in [0.2, 0.25) is 5.82 Å². The Bertz CT molecular complexity index is 1190. The third-order valence-corrected chi connectivity index (χ3v) is 6.48. The van der Waals surface area contributed by atoms with Gasteiger partial charge in [0.15, 0.2) is 0 Å². The van der Waals surface area contributed by atoms with Crippen molar-refractivity contribution >= 4 is 34.3 Å². The number of carbonyl (C=O) groups excluding carboxylic acids is 2. The number of hydrogen-bond acceptors (Lipinski definition) is 5. The zero-order valence-corrected chi connectivity index (χ0v) is 18.6. The smallest absolute Gasteiger partial charge is 0.289 e. The van der Waals surface area contributed by atoms with Crippen LogP contribution in [0.4, 0.5) is 0 Å². The van der Waals surface area contributed by atoms with E-state index in [1.54, 1.807) is 18.3 Å². The fourth-order valence-electron chi connectivity index (χ4n) is 4.60. The van der Waals surface area contributed by atoms with Gasteiger partial charge in [-0.25, -0.2) is 9.97 Å². The molecule has 3 N–H and O–H groups in total. The summed E-state index contributed by atoms with van der Waals surface area (Å²) in [6.45, 7) is 1.52. The fraction of sp³-hybridized carbons (Fsp3) is 0.391. The van der Waals surface area contributed by atoms with Crippen molar-refractivity contribution < 1.29 is 9.59 Å². The Hall–Kier alpha value is -2.97. The van der Waals surface area contributed by atoms with E-state index in [2.05, 4.69) is 30.5 Å². The molecule has 5 rings (SSSR count). The number of rotatable bonds is 4. The lowest BCUT2D eigenvalue weighted by molar-refractivity contribution is 0.0855. The zero-order chi connectivity index (χ0) is 22.2. The highest BCUT2D eigenvalue weighted by molar-refractivity contribution is 6.31. The molecule has 0 bridgehead atoms. The number of halogens is 1. The highest BCUT2D eigenvalue weighted by Crippen LogP contribution is 2.23. The second kappa shape index (κ2) is 8.52. The number of nitrogens with one attached hydrogen (secondary N) is 3. The van der Waals surface area contributed by atoms with Gasteiger partial charge in [-0.3, -0.25) is 14.5 Å². The van der Waals surface area contributed by atoms with Gasteiger partial charge in [-0.1, -0.05) is 24.4 Å². The maximum Gasteiger partial charge on any atom is 0.289 e. The van der Waals surface area contributed by atoms with E-state index in [9.17, 15) is 9.59 Å². The minimum atomic E-state index is -0.297. The lowest BCUT2D eigenvalue weighted by atomic mass is 9.90. The molecule has 2 aromatic heterocycles. The molecular weight excluding hydrogens is 428 g/mol.